The van der Waals surface area contributed by atoms with E-state index in [-0.39, 0.29) is 12.0 Å². The molecule has 2 aromatic rings. The first kappa shape index (κ1) is 18.7. The molecule has 1 aliphatic rings. The third-order valence-corrected chi connectivity index (χ3v) is 5.60. The monoisotopic (exact) mass is 386 g/mol. The minimum absolute atomic E-state index is 0.110. The van der Waals surface area contributed by atoms with Crippen molar-refractivity contribution in [3.05, 3.63) is 58.3 Å². The van der Waals surface area contributed by atoms with Gasteiger partial charge in [0.25, 0.3) is 5.91 Å². The fraction of sp³-hybridized carbons (Fsp3) is 0.300. The minimum atomic E-state index is -0.110. The Kier molecular flexibility index (Phi) is 5.53. The lowest BCUT2D eigenvalue weighted by Crippen LogP contribution is -2.39. The Labute approximate surface area is 163 Å². The number of aryl methyl sites for hydroxylation is 2. The van der Waals surface area contributed by atoms with Gasteiger partial charge in [-0.3, -0.25) is 9.47 Å². The van der Waals surface area contributed by atoms with Crippen molar-refractivity contribution in [2.75, 3.05) is 5.01 Å². The normalized spacial score (nSPS) is 17.2. The molecule has 1 aromatic heterocycles. The Morgan fingerprint density at radius 3 is 2.50 bits per heavy atom. The Balaban J connectivity index is 1.94. The number of carbonyl (C=O) groups is 1. The molecule has 6 heteroatoms. The van der Waals surface area contributed by atoms with Crippen molar-refractivity contribution < 1.29 is 9.53 Å². The molecule has 3 rings (SSSR count). The number of benzene rings is 1. The van der Waals surface area contributed by atoms with Crippen LogP contribution in [0, 0.1) is 13.8 Å². The van der Waals surface area contributed by atoms with Gasteiger partial charge in [-0.15, -0.1) is 0 Å². The number of hydrogen-bond acceptors (Lipinski definition) is 4. The van der Waals surface area contributed by atoms with E-state index in [0.29, 0.717) is 9.23 Å². The topological polar surface area (TPSA) is 34.5 Å². The molecule has 1 fully saturated rings. The van der Waals surface area contributed by atoms with Crippen LogP contribution in [-0.2, 0) is 4.79 Å². The SMILES string of the molecule is CC[C@H](C)Oc1ccccc1/C=C1/SC(=S)N(n2c(C)ccc2C)C1=O. The van der Waals surface area contributed by atoms with Gasteiger partial charge < -0.3 is 4.74 Å². The van der Waals surface area contributed by atoms with Gasteiger partial charge >= 0.3 is 0 Å². The second-order valence-corrected chi connectivity index (χ2v) is 7.97. The first-order valence-corrected chi connectivity index (χ1v) is 9.83. The number of hydrogen-bond donors (Lipinski definition) is 0. The number of thiocarbonyl (C=S) groups is 1. The van der Waals surface area contributed by atoms with E-state index in [1.807, 2.05) is 67.9 Å². The van der Waals surface area contributed by atoms with Gasteiger partial charge in [-0.05, 0) is 63.7 Å². The molecule has 4 nitrogen and oxygen atoms in total. The second kappa shape index (κ2) is 7.68. The summed E-state index contributed by atoms with van der Waals surface area (Å²) in [5, 5.41) is 1.56. The summed E-state index contributed by atoms with van der Waals surface area (Å²) in [5.41, 5.74) is 2.83. The first-order valence-electron chi connectivity index (χ1n) is 8.61. The van der Waals surface area contributed by atoms with E-state index in [1.54, 1.807) is 5.01 Å². The van der Waals surface area contributed by atoms with Gasteiger partial charge in [0.1, 0.15) is 5.75 Å². The van der Waals surface area contributed by atoms with Crippen LogP contribution in [0.3, 0.4) is 0 Å². The lowest BCUT2D eigenvalue weighted by molar-refractivity contribution is -0.114. The van der Waals surface area contributed by atoms with Crippen molar-refractivity contribution >= 4 is 40.3 Å². The highest BCUT2D eigenvalue weighted by Crippen LogP contribution is 2.34. The molecule has 0 radical (unpaired) electrons. The lowest BCUT2D eigenvalue weighted by Gasteiger charge is -2.20. The molecule has 1 aromatic carbocycles. The molecular formula is C20H22N2O2S2. The van der Waals surface area contributed by atoms with Gasteiger partial charge in [-0.2, -0.15) is 5.01 Å². The molecule has 0 N–H and O–H groups in total. The van der Waals surface area contributed by atoms with E-state index < -0.39 is 0 Å². The summed E-state index contributed by atoms with van der Waals surface area (Å²) in [6, 6.07) is 11.7. The molecule has 1 aliphatic heterocycles. The van der Waals surface area contributed by atoms with E-state index in [2.05, 4.69) is 6.92 Å². The largest absolute Gasteiger partial charge is 0.490 e. The highest BCUT2D eigenvalue weighted by atomic mass is 32.2. The van der Waals surface area contributed by atoms with Crippen molar-refractivity contribution in [2.45, 2.75) is 40.2 Å². The number of amides is 1. The summed E-state index contributed by atoms with van der Waals surface area (Å²) in [6.07, 6.45) is 2.90. The van der Waals surface area contributed by atoms with Crippen LogP contribution < -0.4 is 9.75 Å². The van der Waals surface area contributed by atoms with Crippen LogP contribution in [0.15, 0.2) is 41.3 Å². The van der Waals surface area contributed by atoms with Crippen LogP contribution >= 0.6 is 24.0 Å². The molecule has 0 unspecified atom stereocenters. The number of rotatable bonds is 5. The Morgan fingerprint density at radius 2 is 1.85 bits per heavy atom. The quantitative estimate of drug-likeness (QED) is 0.545. The molecule has 0 spiro atoms. The van der Waals surface area contributed by atoms with Crippen LogP contribution in [0.5, 0.6) is 5.75 Å². The number of thioether (sulfide) groups is 1. The molecule has 26 heavy (non-hydrogen) atoms. The smallest absolute Gasteiger partial charge is 0.285 e. The van der Waals surface area contributed by atoms with Crippen LogP contribution in [0.2, 0.25) is 0 Å². The van der Waals surface area contributed by atoms with Gasteiger partial charge in [0.15, 0.2) is 4.32 Å². The molecule has 1 atom stereocenters. The molecule has 0 aliphatic carbocycles. The Hall–Kier alpha value is -2.05. The fourth-order valence-electron chi connectivity index (χ4n) is 2.76. The number of para-hydroxylation sites is 1. The first-order chi connectivity index (χ1) is 12.4. The van der Waals surface area contributed by atoms with E-state index in [9.17, 15) is 4.79 Å². The Bertz CT molecular complexity index is 866. The van der Waals surface area contributed by atoms with Crippen LogP contribution in [0.4, 0.5) is 0 Å². The summed E-state index contributed by atoms with van der Waals surface area (Å²) in [6.45, 7) is 8.04. The van der Waals surface area contributed by atoms with Crippen molar-refractivity contribution in [1.29, 1.82) is 0 Å². The summed E-state index contributed by atoms with van der Waals surface area (Å²) < 4.78 is 8.38. The van der Waals surface area contributed by atoms with Crippen molar-refractivity contribution in [3.63, 3.8) is 0 Å². The maximum Gasteiger partial charge on any atom is 0.285 e. The number of carbonyl (C=O) groups excluding carboxylic acids is 1. The average molecular weight is 387 g/mol. The van der Waals surface area contributed by atoms with E-state index in [4.69, 9.17) is 17.0 Å². The Morgan fingerprint density at radius 1 is 1.19 bits per heavy atom. The summed E-state index contributed by atoms with van der Waals surface area (Å²) in [5.74, 6) is 0.668. The van der Waals surface area contributed by atoms with Crippen molar-refractivity contribution in [2.24, 2.45) is 0 Å². The highest BCUT2D eigenvalue weighted by molar-refractivity contribution is 8.27. The average Bonchev–Trinajstić information content (AvgIpc) is 3.08. The molecule has 0 saturated carbocycles. The van der Waals surface area contributed by atoms with Gasteiger partial charge in [0, 0.05) is 17.0 Å². The van der Waals surface area contributed by atoms with Crippen molar-refractivity contribution in [1.82, 2.24) is 4.68 Å². The summed E-state index contributed by atoms with van der Waals surface area (Å²) in [7, 11) is 0. The van der Waals surface area contributed by atoms with E-state index in [0.717, 1.165) is 29.1 Å². The maximum absolute atomic E-state index is 13.0. The number of aromatic nitrogens is 1. The standard InChI is InChI=1S/C20H22N2O2S2/c1-5-15(4)24-17-9-7-6-8-16(17)12-18-19(23)22(20(25)26-18)21-13(2)10-11-14(21)3/h6-12,15H,5H2,1-4H3/b18-12+/t15-/m0/s1. The van der Waals surface area contributed by atoms with Gasteiger partial charge in [0.05, 0.1) is 11.0 Å². The third-order valence-electron chi connectivity index (χ3n) is 4.32. The van der Waals surface area contributed by atoms with Gasteiger partial charge in [-0.25, -0.2) is 0 Å². The minimum Gasteiger partial charge on any atom is -0.490 e. The summed E-state index contributed by atoms with van der Waals surface area (Å²) >= 11 is 6.79. The lowest BCUT2D eigenvalue weighted by atomic mass is 10.1. The van der Waals surface area contributed by atoms with E-state index >= 15 is 0 Å². The maximum atomic E-state index is 13.0. The zero-order valence-electron chi connectivity index (χ0n) is 15.4. The summed E-state index contributed by atoms with van der Waals surface area (Å²) in [4.78, 5) is 13.6. The zero-order valence-corrected chi connectivity index (χ0v) is 17.0. The molecule has 2 heterocycles. The zero-order chi connectivity index (χ0) is 18.8. The predicted molar refractivity (Wildman–Crippen MR) is 112 cm³/mol. The highest BCUT2D eigenvalue weighted by Gasteiger charge is 2.34. The van der Waals surface area contributed by atoms with Gasteiger partial charge in [-0.1, -0.05) is 36.9 Å². The predicted octanol–water partition coefficient (Wildman–Crippen LogP) is 4.82. The molecule has 1 amide bonds. The third kappa shape index (κ3) is 3.57. The van der Waals surface area contributed by atoms with Crippen LogP contribution in [-0.4, -0.2) is 21.0 Å². The van der Waals surface area contributed by atoms with Gasteiger partial charge in [0.2, 0.25) is 0 Å². The van der Waals surface area contributed by atoms with E-state index in [1.165, 1.54) is 11.8 Å². The van der Waals surface area contributed by atoms with Crippen LogP contribution in [0.1, 0.15) is 37.2 Å². The number of nitrogens with zero attached hydrogens (tertiary/aromatic N) is 2. The van der Waals surface area contributed by atoms with Crippen LogP contribution in [0.25, 0.3) is 6.08 Å². The molecular weight excluding hydrogens is 364 g/mol. The second-order valence-electron chi connectivity index (χ2n) is 6.30. The molecule has 0 bridgehead atoms. The van der Waals surface area contributed by atoms with Crippen molar-refractivity contribution in [3.8, 4) is 5.75 Å². The molecule has 136 valence electrons. The molecule has 1 saturated heterocycles. The fourth-order valence-corrected chi connectivity index (χ4v) is 3.99. The number of ether oxygens (including phenoxy) is 1.